The Bertz CT molecular complexity index is 562. The first-order chi connectivity index (χ1) is 8.93. The Balaban J connectivity index is 2.45. The molecule has 0 amide bonds. The second kappa shape index (κ2) is 5.00. The fraction of sp³-hybridized carbons (Fsp3) is 0.333. The summed E-state index contributed by atoms with van der Waals surface area (Å²) in [6.45, 7) is 1.90. The highest BCUT2D eigenvalue weighted by Crippen LogP contribution is 2.29. The molecule has 0 saturated heterocycles. The molecule has 2 heterocycles. The summed E-state index contributed by atoms with van der Waals surface area (Å²) in [6, 6.07) is 3.50. The molecule has 0 aliphatic rings. The van der Waals surface area contributed by atoms with Crippen molar-refractivity contribution in [2.24, 2.45) is 0 Å². The van der Waals surface area contributed by atoms with Gasteiger partial charge < -0.3 is 5.32 Å². The first kappa shape index (κ1) is 13.5. The number of alkyl halides is 3. The van der Waals surface area contributed by atoms with E-state index in [-0.39, 0.29) is 6.04 Å². The van der Waals surface area contributed by atoms with Crippen LogP contribution in [0.25, 0.3) is 5.82 Å². The highest BCUT2D eigenvalue weighted by atomic mass is 19.4. The zero-order valence-electron chi connectivity index (χ0n) is 10.4. The van der Waals surface area contributed by atoms with Gasteiger partial charge in [-0.05, 0) is 20.0 Å². The van der Waals surface area contributed by atoms with Crippen molar-refractivity contribution in [1.82, 2.24) is 20.1 Å². The topological polar surface area (TPSA) is 42.7 Å². The summed E-state index contributed by atoms with van der Waals surface area (Å²) < 4.78 is 38.8. The van der Waals surface area contributed by atoms with Crippen molar-refractivity contribution in [1.29, 1.82) is 0 Å². The molecule has 1 atom stereocenters. The Labute approximate surface area is 108 Å². The maximum atomic E-state index is 12.6. The molecule has 2 rings (SSSR count). The van der Waals surface area contributed by atoms with Gasteiger partial charge in [-0.1, -0.05) is 6.07 Å². The maximum Gasteiger partial charge on any atom is 0.419 e. The summed E-state index contributed by atoms with van der Waals surface area (Å²) in [6.07, 6.45) is -1.14. The summed E-state index contributed by atoms with van der Waals surface area (Å²) >= 11 is 0. The molecule has 0 spiro atoms. The highest BCUT2D eigenvalue weighted by molar-refractivity contribution is 5.35. The van der Waals surface area contributed by atoms with E-state index in [1.165, 1.54) is 6.20 Å². The molecule has 0 aliphatic carbocycles. The molecule has 0 fully saturated rings. The van der Waals surface area contributed by atoms with Crippen molar-refractivity contribution >= 4 is 0 Å². The van der Waals surface area contributed by atoms with E-state index in [0.29, 0.717) is 5.82 Å². The Morgan fingerprint density at radius 3 is 2.68 bits per heavy atom. The van der Waals surface area contributed by atoms with Crippen LogP contribution in [0.15, 0.2) is 30.7 Å². The molecule has 19 heavy (non-hydrogen) atoms. The first-order valence-corrected chi connectivity index (χ1v) is 5.68. The smallest absolute Gasteiger partial charge is 0.313 e. The lowest BCUT2D eigenvalue weighted by Crippen LogP contribution is -2.16. The molecule has 0 saturated carbocycles. The summed E-state index contributed by atoms with van der Waals surface area (Å²) in [7, 11) is 1.77. The minimum absolute atomic E-state index is 0.0396. The van der Waals surface area contributed by atoms with E-state index in [1.807, 2.05) is 6.92 Å². The minimum Gasteiger partial charge on any atom is -0.313 e. The Morgan fingerprint density at radius 1 is 1.37 bits per heavy atom. The van der Waals surface area contributed by atoms with Crippen LogP contribution in [-0.2, 0) is 6.18 Å². The van der Waals surface area contributed by atoms with Gasteiger partial charge in [-0.15, -0.1) is 0 Å². The van der Waals surface area contributed by atoms with Crippen LogP contribution in [0.5, 0.6) is 0 Å². The van der Waals surface area contributed by atoms with Gasteiger partial charge in [0, 0.05) is 24.0 Å². The fourth-order valence-corrected chi connectivity index (χ4v) is 1.68. The summed E-state index contributed by atoms with van der Waals surface area (Å²) in [5.74, 6) is 0.389. The zero-order valence-corrected chi connectivity index (χ0v) is 10.4. The third-order valence-electron chi connectivity index (χ3n) is 2.84. The van der Waals surface area contributed by atoms with E-state index in [0.717, 1.165) is 22.6 Å². The fourth-order valence-electron chi connectivity index (χ4n) is 1.68. The summed E-state index contributed by atoms with van der Waals surface area (Å²) in [5.41, 5.74) is -0.0111. The lowest BCUT2D eigenvalue weighted by Gasteiger charge is -2.14. The van der Waals surface area contributed by atoms with Gasteiger partial charge in [0.25, 0.3) is 0 Å². The first-order valence-electron chi connectivity index (χ1n) is 5.68. The Hall–Kier alpha value is -1.89. The molecule has 0 aromatic carbocycles. The highest BCUT2D eigenvalue weighted by Gasteiger charge is 2.32. The number of pyridine rings is 1. The standard InChI is InChI=1S/C12H13F3N4/c1-8(16-2)10-4-3-5-17-11(10)19-7-9(6-18-19)12(13,14)15/h3-8,16H,1-2H3. The summed E-state index contributed by atoms with van der Waals surface area (Å²) in [4.78, 5) is 4.11. The van der Waals surface area contributed by atoms with Crippen LogP contribution in [0.4, 0.5) is 13.2 Å². The van der Waals surface area contributed by atoms with Crippen LogP contribution in [0.1, 0.15) is 24.1 Å². The van der Waals surface area contributed by atoms with Gasteiger partial charge in [0.2, 0.25) is 0 Å². The van der Waals surface area contributed by atoms with Gasteiger partial charge in [-0.2, -0.15) is 18.3 Å². The molecular weight excluding hydrogens is 257 g/mol. The molecule has 1 N–H and O–H groups in total. The second-order valence-electron chi connectivity index (χ2n) is 4.10. The average Bonchev–Trinajstić information content (AvgIpc) is 2.87. The van der Waals surface area contributed by atoms with Crippen molar-refractivity contribution < 1.29 is 13.2 Å². The van der Waals surface area contributed by atoms with Crippen LogP contribution in [0.3, 0.4) is 0 Å². The molecule has 0 radical (unpaired) electrons. The molecule has 1 unspecified atom stereocenters. The third kappa shape index (κ3) is 2.76. The van der Waals surface area contributed by atoms with Crippen LogP contribution in [0, 0.1) is 0 Å². The monoisotopic (exact) mass is 270 g/mol. The van der Waals surface area contributed by atoms with Crippen LogP contribution < -0.4 is 5.32 Å². The van der Waals surface area contributed by atoms with Gasteiger partial charge in [-0.25, -0.2) is 9.67 Å². The average molecular weight is 270 g/mol. The number of hydrogen-bond donors (Lipinski definition) is 1. The second-order valence-corrected chi connectivity index (χ2v) is 4.10. The molecule has 102 valence electrons. The largest absolute Gasteiger partial charge is 0.419 e. The van der Waals surface area contributed by atoms with Crippen LogP contribution in [0.2, 0.25) is 0 Å². The number of nitrogens with zero attached hydrogens (tertiary/aromatic N) is 3. The van der Waals surface area contributed by atoms with Crippen molar-refractivity contribution in [2.75, 3.05) is 7.05 Å². The van der Waals surface area contributed by atoms with E-state index in [1.54, 1.807) is 19.2 Å². The number of rotatable bonds is 3. The molecule has 0 bridgehead atoms. The zero-order chi connectivity index (χ0) is 14.0. The predicted molar refractivity (Wildman–Crippen MR) is 63.8 cm³/mol. The predicted octanol–water partition coefficient (Wildman–Crippen LogP) is 2.57. The van der Waals surface area contributed by atoms with Crippen molar-refractivity contribution in [3.8, 4) is 5.82 Å². The van der Waals surface area contributed by atoms with Crippen LogP contribution in [-0.4, -0.2) is 21.8 Å². The molecule has 2 aromatic rings. The quantitative estimate of drug-likeness (QED) is 0.932. The number of nitrogens with one attached hydrogen (secondary N) is 1. The Kier molecular flexibility index (Phi) is 3.57. The molecule has 0 aliphatic heterocycles. The number of aromatic nitrogens is 3. The van der Waals surface area contributed by atoms with Gasteiger partial charge in [-0.3, -0.25) is 0 Å². The van der Waals surface area contributed by atoms with Gasteiger partial charge in [0.1, 0.15) is 0 Å². The molecule has 2 aromatic heterocycles. The van der Waals surface area contributed by atoms with E-state index < -0.39 is 11.7 Å². The number of halogens is 3. The lowest BCUT2D eigenvalue weighted by atomic mass is 10.1. The lowest BCUT2D eigenvalue weighted by molar-refractivity contribution is -0.137. The summed E-state index contributed by atoms with van der Waals surface area (Å²) in [5, 5.41) is 6.76. The molecular formula is C12H13F3N4. The van der Waals surface area contributed by atoms with E-state index in [2.05, 4.69) is 15.4 Å². The molecule has 7 heteroatoms. The van der Waals surface area contributed by atoms with E-state index in [4.69, 9.17) is 0 Å². The number of hydrogen-bond acceptors (Lipinski definition) is 3. The van der Waals surface area contributed by atoms with Gasteiger partial charge in [0.05, 0.1) is 11.8 Å². The van der Waals surface area contributed by atoms with E-state index in [9.17, 15) is 13.2 Å². The van der Waals surface area contributed by atoms with Crippen molar-refractivity contribution in [2.45, 2.75) is 19.1 Å². The third-order valence-corrected chi connectivity index (χ3v) is 2.84. The van der Waals surface area contributed by atoms with Gasteiger partial charge in [0.15, 0.2) is 5.82 Å². The van der Waals surface area contributed by atoms with E-state index >= 15 is 0 Å². The van der Waals surface area contributed by atoms with Crippen molar-refractivity contribution in [3.05, 3.63) is 41.9 Å². The Morgan fingerprint density at radius 2 is 2.11 bits per heavy atom. The SMILES string of the molecule is CNC(C)c1cccnc1-n1cc(C(F)(F)F)cn1. The van der Waals surface area contributed by atoms with Crippen molar-refractivity contribution in [3.63, 3.8) is 0 Å². The van der Waals surface area contributed by atoms with Gasteiger partial charge >= 0.3 is 6.18 Å². The maximum absolute atomic E-state index is 12.6. The van der Waals surface area contributed by atoms with Crippen LogP contribution >= 0.6 is 0 Å². The molecule has 4 nitrogen and oxygen atoms in total. The minimum atomic E-state index is -4.40. The normalized spacial score (nSPS) is 13.5.